The van der Waals surface area contributed by atoms with Crippen LogP contribution in [0, 0.1) is 10.5 Å². The molecule has 0 atom stereocenters. The number of benzene rings is 1. The van der Waals surface area contributed by atoms with E-state index >= 15 is 0 Å². The molecule has 0 saturated carbocycles. The van der Waals surface area contributed by atoms with Gasteiger partial charge in [-0.05, 0) is 41.1 Å². The number of aryl methyl sites for hydroxylation is 1. The van der Waals surface area contributed by atoms with Crippen molar-refractivity contribution in [3.05, 3.63) is 21.3 Å². The normalized spacial score (nSPS) is 9.73. The Bertz CT molecular complexity index is 273. The van der Waals surface area contributed by atoms with Gasteiger partial charge in [0.2, 0.25) is 0 Å². The molecule has 0 unspecified atom stereocenters. The molecule has 2 nitrogen and oxygen atoms in total. The van der Waals surface area contributed by atoms with Crippen molar-refractivity contribution < 1.29 is 4.74 Å². The Balaban J connectivity index is 3.21. The minimum absolute atomic E-state index is 0.780. The molecule has 0 fully saturated rings. The van der Waals surface area contributed by atoms with Gasteiger partial charge < -0.3 is 10.5 Å². The zero-order valence-corrected chi connectivity index (χ0v) is 8.68. The minimum atomic E-state index is 0.780. The molecular formula is C8H10INO. The quantitative estimate of drug-likeness (QED) is 0.622. The van der Waals surface area contributed by atoms with Crippen LogP contribution in [0.3, 0.4) is 0 Å². The Morgan fingerprint density at radius 2 is 2.09 bits per heavy atom. The van der Waals surface area contributed by atoms with Gasteiger partial charge in [0.05, 0.1) is 10.7 Å². The van der Waals surface area contributed by atoms with Crippen LogP contribution < -0.4 is 10.5 Å². The lowest BCUT2D eigenvalue weighted by molar-refractivity contribution is 0.412. The Hall–Kier alpha value is -0.450. The molecule has 0 spiro atoms. The number of methoxy groups -OCH3 is 1. The first-order valence-electron chi connectivity index (χ1n) is 3.24. The lowest BCUT2D eigenvalue weighted by Crippen LogP contribution is -1.93. The van der Waals surface area contributed by atoms with E-state index in [0.717, 1.165) is 20.6 Å². The van der Waals surface area contributed by atoms with Crippen molar-refractivity contribution in [1.29, 1.82) is 0 Å². The lowest BCUT2D eigenvalue weighted by atomic mass is 10.2. The molecule has 0 aliphatic heterocycles. The first-order chi connectivity index (χ1) is 5.15. The van der Waals surface area contributed by atoms with Crippen molar-refractivity contribution in [1.82, 2.24) is 0 Å². The van der Waals surface area contributed by atoms with Crippen LogP contribution in [0.4, 0.5) is 5.69 Å². The van der Waals surface area contributed by atoms with Crippen LogP contribution in [0.25, 0.3) is 0 Å². The maximum absolute atomic E-state index is 5.68. The summed E-state index contributed by atoms with van der Waals surface area (Å²) in [6.45, 7) is 1.98. The van der Waals surface area contributed by atoms with Crippen LogP contribution in [-0.2, 0) is 0 Å². The summed E-state index contributed by atoms with van der Waals surface area (Å²) in [5.41, 5.74) is 7.55. The standard InChI is InChI=1S/C8H10INO/c1-5-3-6(9)8(11-2)4-7(5)10/h3-4H,10H2,1-2H3. The summed E-state index contributed by atoms with van der Waals surface area (Å²) in [5.74, 6) is 0.841. The molecule has 0 amide bonds. The van der Waals surface area contributed by atoms with Gasteiger partial charge in [-0.25, -0.2) is 0 Å². The number of anilines is 1. The van der Waals surface area contributed by atoms with Crippen LogP contribution in [0.2, 0.25) is 0 Å². The predicted molar refractivity (Wildman–Crippen MR) is 54.9 cm³/mol. The Kier molecular flexibility index (Phi) is 2.59. The van der Waals surface area contributed by atoms with Crippen molar-refractivity contribution in [2.45, 2.75) is 6.92 Å². The average Bonchev–Trinajstić information content (AvgIpc) is 1.97. The predicted octanol–water partition coefficient (Wildman–Crippen LogP) is 2.19. The van der Waals surface area contributed by atoms with E-state index in [4.69, 9.17) is 10.5 Å². The maximum Gasteiger partial charge on any atom is 0.134 e. The summed E-state index contributed by atoms with van der Waals surface area (Å²) < 4.78 is 6.19. The Labute approximate surface area is 79.9 Å². The van der Waals surface area contributed by atoms with Crippen LogP contribution >= 0.6 is 22.6 Å². The summed E-state index contributed by atoms with van der Waals surface area (Å²) in [5, 5.41) is 0. The van der Waals surface area contributed by atoms with E-state index in [2.05, 4.69) is 22.6 Å². The van der Waals surface area contributed by atoms with Crippen LogP contribution in [0.15, 0.2) is 12.1 Å². The molecule has 11 heavy (non-hydrogen) atoms. The molecule has 3 heteroatoms. The van der Waals surface area contributed by atoms with Crippen molar-refractivity contribution >= 4 is 28.3 Å². The molecule has 0 aliphatic carbocycles. The van der Waals surface area contributed by atoms with Crippen molar-refractivity contribution in [2.24, 2.45) is 0 Å². The number of hydrogen-bond acceptors (Lipinski definition) is 2. The Morgan fingerprint density at radius 3 is 2.64 bits per heavy atom. The molecule has 1 aromatic rings. The second-order valence-corrected chi connectivity index (χ2v) is 3.51. The van der Waals surface area contributed by atoms with Crippen LogP contribution in [0.5, 0.6) is 5.75 Å². The minimum Gasteiger partial charge on any atom is -0.496 e. The zero-order valence-electron chi connectivity index (χ0n) is 6.52. The average molecular weight is 263 g/mol. The summed E-state index contributed by atoms with van der Waals surface area (Å²) >= 11 is 2.22. The molecule has 0 bridgehead atoms. The topological polar surface area (TPSA) is 35.2 Å². The third-order valence-corrected chi connectivity index (χ3v) is 2.38. The van der Waals surface area contributed by atoms with E-state index in [-0.39, 0.29) is 0 Å². The molecule has 0 heterocycles. The second-order valence-electron chi connectivity index (χ2n) is 2.34. The number of ether oxygens (including phenoxy) is 1. The van der Waals surface area contributed by atoms with Crippen LogP contribution in [0.1, 0.15) is 5.56 Å². The molecule has 60 valence electrons. The van der Waals surface area contributed by atoms with Gasteiger partial charge in [-0.3, -0.25) is 0 Å². The van der Waals surface area contributed by atoms with Gasteiger partial charge >= 0.3 is 0 Å². The summed E-state index contributed by atoms with van der Waals surface area (Å²) in [4.78, 5) is 0. The number of hydrogen-bond donors (Lipinski definition) is 1. The van der Waals surface area contributed by atoms with Crippen molar-refractivity contribution in [3.63, 3.8) is 0 Å². The van der Waals surface area contributed by atoms with E-state index in [1.165, 1.54) is 0 Å². The fourth-order valence-corrected chi connectivity index (χ4v) is 1.67. The lowest BCUT2D eigenvalue weighted by Gasteiger charge is -2.06. The van der Waals surface area contributed by atoms with Gasteiger partial charge in [0.25, 0.3) is 0 Å². The van der Waals surface area contributed by atoms with E-state index < -0.39 is 0 Å². The van der Waals surface area contributed by atoms with Gasteiger partial charge in [-0.2, -0.15) is 0 Å². The van der Waals surface area contributed by atoms with Gasteiger partial charge in [-0.1, -0.05) is 0 Å². The molecule has 0 aromatic heterocycles. The molecule has 0 saturated heterocycles. The fraction of sp³-hybridized carbons (Fsp3) is 0.250. The number of halogens is 1. The highest BCUT2D eigenvalue weighted by Gasteiger charge is 2.01. The molecular weight excluding hydrogens is 253 g/mol. The maximum atomic E-state index is 5.68. The third-order valence-electron chi connectivity index (χ3n) is 1.54. The first-order valence-corrected chi connectivity index (χ1v) is 4.32. The smallest absolute Gasteiger partial charge is 0.134 e. The molecule has 0 radical (unpaired) electrons. The highest BCUT2D eigenvalue weighted by molar-refractivity contribution is 14.1. The van der Waals surface area contributed by atoms with Crippen molar-refractivity contribution in [3.8, 4) is 5.75 Å². The van der Waals surface area contributed by atoms with Crippen LogP contribution in [-0.4, -0.2) is 7.11 Å². The van der Waals surface area contributed by atoms with E-state index in [9.17, 15) is 0 Å². The van der Waals surface area contributed by atoms with Gasteiger partial charge in [-0.15, -0.1) is 0 Å². The largest absolute Gasteiger partial charge is 0.496 e. The Morgan fingerprint density at radius 1 is 1.45 bits per heavy atom. The highest BCUT2D eigenvalue weighted by atomic mass is 127. The van der Waals surface area contributed by atoms with E-state index in [1.807, 2.05) is 19.1 Å². The van der Waals surface area contributed by atoms with Crippen molar-refractivity contribution in [2.75, 3.05) is 12.8 Å². The molecule has 2 N–H and O–H groups in total. The molecule has 1 rings (SSSR count). The number of rotatable bonds is 1. The summed E-state index contributed by atoms with van der Waals surface area (Å²) in [7, 11) is 1.65. The molecule has 1 aromatic carbocycles. The first kappa shape index (κ1) is 8.64. The van der Waals surface area contributed by atoms with E-state index in [0.29, 0.717) is 0 Å². The number of nitrogens with two attached hydrogens (primary N) is 1. The SMILES string of the molecule is COc1cc(N)c(C)cc1I. The zero-order chi connectivity index (χ0) is 8.43. The summed E-state index contributed by atoms with van der Waals surface area (Å²) in [6.07, 6.45) is 0. The monoisotopic (exact) mass is 263 g/mol. The highest BCUT2D eigenvalue weighted by Crippen LogP contribution is 2.25. The van der Waals surface area contributed by atoms with Gasteiger partial charge in [0.15, 0.2) is 0 Å². The fourth-order valence-electron chi connectivity index (χ4n) is 0.825. The third kappa shape index (κ3) is 1.77. The van der Waals surface area contributed by atoms with E-state index in [1.54, 1.807) is 7.11 Å². The second kappa shape index (κ2) is 3.30. The number of nitrogen functional groups attached to an aromatic ring is 1. The van der Waals surface area contributed by atoms with Gasteiger partial charge in [0.1, 0.15) is 5.75 Å². The summed E-state index contributed by atoms with van der Waals surface area (Å²) in [6, 6.07) is 3.85. The molecule has 0 aliphatic rings. The van der Waals surface area contributed by atoms with Gasteiger partial charge in [0, 0.05) is 11.8 Å².